The summed E-state index contributed by atoms with van der Waals surface area (Å²) < 4.78 is 10.3. The van der Waals surface area contributed by atoms with E-state index in [1.807, 2.05) is 0 Å². The molecule has 1 aromatic rings. The van der Waals surface area contributed by atoms with Crippen molar-refractivity contribution in [3.63, 3.8) is 0 Å². The van der Waals surface area contributed by atoms with Gasteiger partial charge in [-0.3, -0.25) is 4.79 Å². The number of hydrogen-bond acceptors (Lipinski definition) is 5. The van der Waals surface area contributed by atoms with Crippen molar-refractivity contribution >= 4 is 11.6 Å². The third kappa shape index (κ3) is 2.80. The van der Waals surface area contributed by atoms with Crippen LogP contribution in [0.2, 0.25) is 0 Å². The summed E-state index contributed by atoms with van der Waals surface area (Å²) in [6, 6.07) is 3.23. The van der Waals surface area contributed by atoms with E-state index in [-0.39, 0.29) is 5.91 Å². The molecule has 6 heteroatoms. The Morgan fingerprint density at radius 1 is 1.40 bits per heavy atom. The van der Waals surface area contributed by atoms with E-state index < -0.39 is 6.10 Å². The van der Waals surface area contributed by atoms with Crippen LogP contribution in [0.5, 0.6) is 11.5 Å². The normalized spacial score (nSPS) is 18.8. The Balaban J connectivity index is 2.33. The number of methoxy groups -OCH3 is 2. The summed E-state index contributed by atoms with van der Waals surface area (Å²) in [5.74, 6) is 0.709. The molecule has 20 heavy (non-hydrogen) atoms. The van der Waals surface area contributed by atoms with Crippen LogP contribution in [0.15, 0.2) is 12.1 Å². The van der Waals surface area contributed by atoms with Gasteiger partial charge in [0.1, 0.15) is 11.5 Å². The number of nitrogens with zero attached hydrogens (tertiary/aromatic N) is 1. The highest BCUT2D eigenvalue weighted by atomic mass is 16.5. The Bertz CT molecular complexity index is 504. The summed E-state index contributed by atoms with van der Waals surface area (Å²) in [6.45, 7) is 0.951. The monoisotopic (exact) mass is 280 g/mol. The Kier molecular flexibility index (Phi) is 4.34. The van der Waals surface area contributed by atoms with Gasteiger partial charge in [0.05, 0.1) is 31.6 Å². The molecule has 2 rings (SSSR count). The topological polar surface area (TPSA) is 85.0 Å². The van der Waals surface area contributed by atoms with Crippen molar-refractivity contribution in [2.45, 2.75) is 18.9 Å². The Labute approximate surface area is 118 Å². The minimum Gasteiger partial charge on any atom is -0.497 e. The van der Waals surface area contributed by atoms with Gasteiger partial charge in [0, 0.05) is 19.2 Å². The van der Waals surface area contributed by atoms with Gasteiger partial charge >= 0.3 is 0 Å². The van der Waals surface area contributed by atoms with Crippen LogP contribution in [0, 0.1) is 0 Å². The first-order chi connectivity index (χ1) is 9.56. The highest BCUT2D eigenvalue weighted by Gasteiger charge is 2.26. The summed E-state index contributed by atoms with van der Waals surface area (Å²) in [7, 11) is 3.01. The largest absolute Gasteiger partial charge is 0.497 e. The lowest BCUT2D eigenvalue weighted by atomic mass is 10.1. The zero-order chi connectivity index (χ0) is 14.7. The van der Waals surface area contributed by atoms with Crippen LogP contribution in [0.4, 0.5) is 5.69 Å². The number of nitrogen functional groups attached to an aromatic ring is 1. The van der Waals surface area contributed by atoms with E-state index in [0.29, 0.717) is 35.8 Å². The van der Waals surface area contributed by atoms with Crippen molar-refractivity contribution in [3.8, 4) is 11.5 Å². The predicted octanol–water partition coefficient (Wildman–Crippen LogP) is 0.883. The van der Waals surface area contributed by atoms with E-state index in [1.165, 1.54) is 14.2 Å². The molecule has 1 aliphatic heterocycles. The molecular weight excluding hydrogens is 260 g/mol. The molecule has 3 N–H and O–H groups in total. The van der Waals surface area contributed by atoms with Gasteiger partial charge < -0.3 is 25.2 Å². The average Bonchev–Trinajstić information content (AvgIpc) is 2.47. The Hall–Kier alpha value is -1.95. The second-order valence-electron chi connectivity index (χ2n) is 4.84. The van der Waals surface area contributed by atoms with Crippen molar-refractivity contribution in [1.82, 2.24) is 4.90 Å². The number of carbonyl (C=O) groups is 1. The molecule has 1 aromatic carbocycles. The third-order valence-corrected chi connectivity index (χ3v) is 3.49. The minimum atomic E-state index is -0.471. The molecule has 0 spiro atoms. The maximum atomic E-state index is 12.5. The molecule has 0 saturated carbocycles. The zero-order valence-corrected chi connectivity index (χ0v) is 11.8. The van der Waals surface area contributed by atoms with Gasteiger partial charge in [0.25, 0.3) is 5.91 Å². The molecule has 6 nitrogen and oxygen atoms in total. The standard InChI is InChI=1S/C14H20N2O4/c1-19-10-6-11(13(15)12(7-10)20-2)14(18)16-5-3-4-9(17)8-16/h6-7,9,17H,3-5,8,15H2,1-2H3/t9-/m0/s1. The Morgan fingerprint density at radius 3 is 2.75 bits per heavy atom. The number of anilines is 1. The van der Waals surface area contributed by atoms with Crippen molar-refractivity contribution in [2.75, 3.05) is 33.0 Å². The van der Waals surface area contributed by atoms with Crippen molar-refractivity contribution in [1.29, 1.82) is 0 Å². The average molecular weight is 280 g/mol. The highest BCUT2D eigenvalue weighted by molar-refractivity contribution is 6.01. The number of piperidine rings is 1. The number of aliphatic hydroxyl groups excluding tert-OH is 1. The number of carbonyl (C=O) groups excluding carboxylic acids is 1. The van der Waals surface area contributed by atoms with Crippen molar-refractivity contribution in [2.24, 2.45) is 0 Å². The van der Waals surface area contributed by atoms with Gasteiger partial charge in [0.2, 0.25) is 0 Å². The molecular formula is C14H20N2O4. The van der Waals surface area contributed by atoms with E-state index in [1.54, 1.807) is 17.0 Å². The molecule has 1 atom stereocenters. The number of amides is 1. The van der Waals surface area contributed by atoms with Gasteiger partial charge in [-0.25, -0.2) is 0 Å². The molecule has 1 heterocycles. The highest BCUT2D eigenvalue weighted by Crippen LogP contribution is 2.32. The number of likely N-dealkylation sites (tertiary alicyclic amines) is 1. The number of hydrogen-bond donors (Lipinski definition) is 2. The number of rotatable bonds is 3. The number of β-amino-alcohol motifs (C(OH)–C–C–N with tert-alkyl or cyclic N) is 1. The quantitative estimate of drug-likeness (QED) is 0.803. The molecule has 1 amide bonds. The molecule has 1 saturated heterocycles. The van der Waals surface area contributed by atoms with Gasteiger partial charge in [0.15, 0.2) is 0 Å². The molecule has 0 aromatic heterocycles. The van der Waals surface area contributed by atoms with Gasteiger partial charge in [-0.15, -0.1) is 0 Å². The first-order valence-electron chi connectivity index (χ1n) is 6.55. The van der Waals surface area contributed by atoms with Crippen molar-refractivity contribution < 1.29 is 19.4 Å². The fourth-order valence-corrected chi connectivity index (χ4v) is 2.37. The van der Waals surface area contributed by atoms with Crippen LogP contribution in [0.1, 0.15) is 23.2 Å². The molecule has 0 bridgehead atoms. The lowest BCUT2D eigenvalue weighted by Crippen LogP contribution is -2.42. The molecule has 1 fully saturated rings. The van der Waals surface area contributed by atoms with Crippen LogP contribution in [-0.2, 0) is 0 Å². The summed E-state index contributed by atoms with van der Waals surface area (Å²) in [4.78, 5) is 14.1. The van der Waals surface area contributed by atoms with Gasteiger partial charge in [-0.1, -0.05) is 0 Å². The fourth-order valence-electron chi connectivity index (χ4n) is 2.37. The SMILES string of the molecule is COc1cc(OC)c(N)c(C(=O)N2CCC[C@H](O)C2)c1. The van der Waals surface area contributed by atoms with Crippen LogP contribution in [0.3, 0.4) is 0 Å². The van der Waals surface area contributed by atoms with Gasteiger partial charge in [-0.2, -0.15) is 0 Å². The maximum Gasteiger partial charge on any atom is 0.256 e. The van der Waals surface area contributed by atoms with Crippen molar-refractivity contribution in [3.05, 3.63) is 17.7 Å². The first kappa shape index (κ1) is 14.5. The second kappa shape index (κ2) is 6.00. The van der Waals surface area contributed by atoms with Gasteiger partial charge in [-0.05, 0) is 18.9 Å². The summed E-state index contributed by atoms with van der Waals surface area (Å²) in [6.07, 6.45) is 1.04. The summed E-state index contributed by atoms with van der Waals surface area (Å²) in [5.41, 5.74) is 6.60. The number of aliphatic hydroxyl groups is 1. The van der Waals surface area contributed by atoms with E-state index in [4.69, 9.17) is 15.2 Å². The third-order valence-electron chi connectivity index (χ3n) is 3.49. The number of benzene rings is 1. The van der Waals surface area contributed by atoms with Crippen LogP contribution < -0.4 is 15.2 Å². The summed E-state index contributed by atoms with van der Waals surface area (Å²) >= 11 is 0. The molecule has 1 aliphatic rings. The van der Waals surface area contributed by atoms with E-state index in [2.05, 4.69) is 0 Å². The van der Waals surface area contributed by atoms with E-state index >= 15 is 0 Å². The second-order valence-corrected chi connectivity index (χ2v) is 4.84. The molecule has 110 valence electrons. The smallest absolute Gasteiger partial charge is 0.256 e. The van der Waals surface area contributed by atoms with Crippen LogP contribution in [0.25, 0.3) is 0 Å². The number of ether oxygens (including phenoxy) is 2. The van der Waals surface area contributed by atoms with E-state index in [0.717, 1.165) is 12.8 Å². The zero-order valence-electron chi connectivity index (χ0n) is 11.8. The van der Waals surface area contributed by atoms with Crippen LogP contribution >= 0.6 is 0 Å². The summed E-state index contributed by atoms with van der Waals surface area (Å²) in [5, 5.41) is 9.67. The molecule has 0 radical (unpaired) electrons. The first-order valence-corrected chi connectivity index (χ1v) is 6.55. The lowest BCUT2D eigenvalue weighted by Gasteiger charge is -2.30. The lowest BCUT2D eigenvalue weighted by molar-refractivity contribution is 0.0474. The minimum absolute atomic E-state index is 0.210. The molecule has 0 aliphatic carbocycles. The fraction of sp³-hybridized carbons (Fsp3) is 0.500. The van der Waals surface area contributed by atoms with E-state index in [9.17, 15) is 9.90 Å². The maximum absolute atomic E-state index is 12.5. The van der Waals surface area contributed by atoms with Crippen LogP contribution in [-0.4, -0.2) is 49.3 Å². The molecule has 0 unspecified atom stereocenters. The predicted molar refractivity (Wildman–Crippen MR) is 75.1 cm³/mol. The number of nitrogens with two attached hydrogens (primary N) is 1. The Morgan fingerprint density at radius 2 is 2.15 bits per heavy atom.